The van der Waals surface area contributed by atoms with E-state index in [2.05, 4.69) is 42.5 Å². The lowest BCUT2D eigenvalue weighted by molar-refractivity contribution is 0.415. The Bertz CT molecular complexity index is 904. The van der Waals surface area contributed by atoms with Crippen LogP contribution >= 0.6 is 35.6 Å². The zero-order chi connectivity index (χ0) is 21.6. The molecule has 1 aromatic heterocycles. The smallest absolute Gasteiger partial charge is 0.191 e. The molecule has 2 aromatic rings. The molecule has 2 N–H and O–H groups in total. The number of nitrogens with zero attached hydrogens (tertiary/aromatic N) is 4. The first-order valence-corrected chi connectivity index (χ1v) is 11.3. The van der Waals surface area contributed by atoms with Crippen LogP contribution in [0.4, 0.5) is 11.5 Å². The van der Waals surface area contributed by atoms with Crippen LogP contribution in [-0.2, 0) is 6.54 Å². The van der Waals surface area contributed by atoms with E-state index in [-0.39, 0.29) is 24.0 Å². The molecule has 7 nitrogen and oxygen atoms in total. The molecule has 0 aliphatic carbocycles. The Labute approximate surface area is 212 Å². The number of aromatic nitrogens is 1. The van der Waals surface area contributed by atoms with Crippen LogP contribution in [0, 0.1) is 0 Å². The van der Waals surface area contributed by atoms with Gasteiger partial charge in [-0.05, 0) is 49.1 Å². The minimum atomic E-state index is 0. The summed E-state index contributed by atoms with van der Waals surface area (Å²) in [5.74, 6) is 2.72. The molecule has 1 aromatic carbocycles. The second kappa shape index (κ2) is 11.8. The molecule has 2 aliphatic rings. The molecule has 0 bridgehead atoms. The second-order valence-electron chi connectivity index (χ2n) is 8.04. The summed E-state index contributed by atoms with van der Waals surface area (Å²) in [6.07, 6.45) is 5.49. The Morgan fingerprint density at radius 3 is 2.69 bits per heavy atom. The van der Waals surface area contributed by atoms with Gasteiger partial charge < -0.3 is 25.2 Å². The van der Waals surface area contributed by atoms with Crippen LogP contribution in [0.5, 0.6) is 5.75 Å². The van der Waals surface area contributed by atoms with Gasteiger partial charge in [0.1, 0.15) is 11.6 Å². The molecule has 174 valence electrons. The van der Waals surface area contributed by atoms with Crippen molar-refractivity contribution in [2.45, 2.75) is 31.8 Å². The van der Waals surface area contributed by atoms with Crippen molar-refractivity contribution in [2.24, 2.45) is 4.99 Å². The predicted molar refractivity (Wildman–Crippen MR) is 143 cm³/mol. The zero-order valence-electron chi connectivity index (χ0n) is 18.7. The first-order valence-electron chi connectivity index (χ1n) is 10.9. The number of rotatable bonds is 6. The standard InChI is InChI=1S/C23H31ClN6O.HI/c1-25-23(27-15-17-5-8-22(26-14-17)29-10-3-4-11-29)28-19-9-12-30(16-19)20-13-18(24)6-7-21(20)31-2;/h5-8,13-14,19H,3-4,9-12,15-16H2,1-2H3,(H2,25,27,28);1H. The van der Waals surface area contributed by atoms with Crippen LogP contribution in [0.1, 0.15) is 24.8 Å². The van der Waals surface area contributed by atoms with E-state index in [1.807, 2.05) is 24.4 Å². The normalized spacial score (nSPS) is 18.5. The molecule has 0 saturated carbocycles. The monoisotopic (exact) mass is 570 g/mol. The maximum Gasteiger partial charge on any atom is 0.191 e. The highest BCUT2D eigenvalue weighted by atomic mass is 127. The van der Waals surface area contributed by atoms with Gasteiger partial charge in [-0.2, -0.15) is 0 Å². The largest absolute Gasteiger partial charge is 0.495 e. The summed E-state index contributed by atoms with van der Waals surface area (Å²) in [6.45, 7) is 4.71. The fraction of sp³-hybridized carbons (Fsp3) is 0.478. The van der Waals surface area contributed by atoms with Crippen LogP contribution < -0.4 is 25.2 Å². The number of halogens is 2. The average molecular weight is 571 g/mol. The van der Waals surface area contributed by atoms with Gasteiger partial charge in [-0.25, -0.2) is 4.98 Å². The highest BCUT2D eigenvalue weighted by molar-refractivity contribution is 14.0. The lowest BCUT2D eigenvalue weighted by Gasteiger charge is -2.22. The first kappa shape index (κ1) is 24.7. The van der Waals surface area contributed by atoms with Crippen molar-refractivity contribution in [3.63, 3.8) is 0 Å². The van der Waals surface area contributed by atoms with E-state index in [1.54, 1.807) is 14.2 Å². The van der Waals surface area contributed by atoms with Gasteiger partial charge in [0.05, 0.1) is 12.8 Å². The molecule has 0 amide bonds. The van der Waals surface area contributed by atoms with Crippen molar-refractivity contribution in [2.75, 3.05) is 50.1 Å². The van der Waals surface area contributed by atoms with Crippen LogP contribution in [0.15, 0.2) is 41.5 Å². The average Bonchev–Trinajstić information content (AvgIpc) is 3.49. The molecular weight excluding hydrogens is 539 g/mol. The molecule has 1 atom stereocenters. The Hall–Kier alpha value is -1.94. The molecule has 0 radical (unpaired) electrons. The molecule has 2 saturated heterocycles. The fourth-order valence-corrected chi connectivity index (χ4v) is 4.40. The molecule has 2 fully saturated rings. The minimum absolute atomic E-state index is 0. The second-order valence-corrected chi connectivity index (χ2v) is 8.47. The zero-order valence-corrected chi connectivity index (χ0v) is 21.8. The molecule has 2 aliphatic heterocycles. The number of pyridine rings is 1. The highest BCUT2D eigenvalue weighted by Gasteiger charge is 2.25. The van der Waals surface area contributed by atoms with E-state index in [0.29, 0.717) is 17.6 Å². The molecule has 32 heavy (non-hydrogen) atoms. The summed E-state index contributed by atoms with van der Waals surface area (Å²) >= 11 is 6.21. The molecule has 4 rings (SSSR count). The van der Waals surface area contributed by atoms with E-state index < -0.39 is 0 Å². The van der Waals surface area contributed by atoms with E-state index in [9.17, 15) is 0 Å². The third-order valence-electron chi connectivity index (χ3n) is 5.93. The Morgan fingerprint density at radius 1 is 1.19 bits per heavy atom. The highest BCUT2D eigenvalue weighted by Crippen LogP contribution is 2.33. The lowest BCUT2D eigenvalue weighted by atomic mass is 10.2. The van der Waals surface area contributed by atoms with Crippen LogP contribution in [0.2, 0.25) is 5.02 Å². The molecule has 9 heteroatoms. The lowest BCUT2D eigenvalue weighted by Crippen LogP contribution is -2.44. The third kappa shape index (κ3) is 6.10. The van der Waals surface area contributed by atoms with Crippen LogP contribution in [0.3, 0.4) is 0 Å². The predicted octanol–water partition coefficient (Wildman–Crippen LogP) is 3.91. The number of nitrogens with one attached hydrogen (secondary N) is 2. The summed E-state index contributed by atoms with van der Waals surface area (Å²) < 4.78 is 5.51. The first-order chi connectivity index (χ1) is 15.2. The quantitative estimate of drug-likeness (QED) is 0.312. The van der Waals surface area contributed by atoms with Crippen molar-refractivity contribution < 1.29 is 4.74 Å². The molecular formula is C23H32ClIN6O. The summed E-state index contributed by atoms with van der Waals surface area (Å²) in [7, 11) is 3.49. The van der Waals surface area contributed by atoms with Gasteiger partial charge in [0.15, 0.2) is 5.96 Å². The van der Waals surface area contributed by atoms with Crippen molar-refractivity contribution in [1.82, 2.24) is 15.6 Å². The molecule has 3 heterocycles. The number of guanidine groups is 1. The number of benzene rings is 1. The summed E-state index contributed by atoms with van der Waals surface area (Å²) in [5, 5.41) is 7.66. The fourth-order valence-electron chi connectivity index (χ4n) is 4.24. The van der Waals surface area contributed by atoms with Crippen molar-refractivity contribution in [3.05, 3.63) is 47.1 Å². The van der Waals surface area contributed by atoms with Crippen LogP contribution in [0.25, 0.3) is 0 Å². The van der Waals surface area contributed by atoms with Gasteiger partial charge in [0.25, 0.3) is 0 Å². The SMILES string of the molecule is CN=C(NCc1ccc(N2CCCC2)nc1)NC1CCN(c2cc(Cl)ccc2OC)C1.I. The van der Waals surface area contributed by atoms with Gasteiger partial charge in [-0.15, -0.1) is 24.0 Å². The summed E-state index contributed by atoms with van der Waals surface area (Å²) in [5.41, 5.74) is 2.18. The van der Waals surface area contributed by atoms with Gasteiger partial charge in [0, 0.05) is 57.0 Å². The van der Waals surface area contributed by atoms with Crippen molar-refractivity contribution in [1.29, 1.82) is 0 Å². The number of ether oxygens (including phenoxy) is 1. The topological polar surface area (TPSA) is 65.0 Å². The number of anilines is 2. The van der Waals surface area contributed by atoms with E-state index in [4.69, 9.17) is 16.3 Å². The maximum atomic E-state index is 6.21. The Balaban J connectivity index is 0.00000289. The number of hydrogen-bond acceptors (Lipinski definition) is 5. The number of aliphatic imine (C=N–C) groups is 1. The Kier molecular flexibility index (Phi) is 9.10. The van der Waals surface area contributed by atoms with Gasteiger partial charge >= 0.3 is 0 Å². The number of methoxy groups -OCH3 is 1. The van der Waals surface area contributed by atoms with E-state index >= 15 is 0 Å². The van der Waals surface area contributed by atoms with Crippen molar-refractivity contribution >= 4 is 53.0 Å². The third-order valence-corrected chi connectivity index (χ3v) is 6.17. The molecule has 1 unspecified atom stereocenters. The van der Waals surface area contributed by atoms with Crippen LogP contribution in [-0.4, -0.2) is 57.3 Å². The maximum absolute atomic E-state index is 6.21. The minimum Gasteiger partial charge on any atom is -0.495 e. The summed E-state index contributed by atoms with van der Waals surface area (Å²) in [4.78, 5) is 13.7. The summed E-state index contributed by atoms with van der Waals surface area (Å²) in [6, 6.07) is 10.3. The molecule has 0 spiro atoms. The van der Waals surface area contributed by atoms with Crippen molar-refractivity contribution in [3.8, 4) is 5.75 Å². The number of hydrogen-bond donors (Lipinski definition) is 2. The van der Waals surface area contributed by atoms with Gasteiger partial charge in [-0.1, -0.05) is 17.7 Å². The van der Waals surface area contributed by atoms with E-state index in [1.165, 1.54) is 12.8 Å². The van der Waals surface area contributed by atoms with Gasteiger partial charge in [0.2, 0.25) is 0 Å². The Morgan fingerprint density at radius 2 is 2.00 bits per heavy atom. The van der Waals surface area contributed by atoms with Gasteiger partial charge in [-0.3, -0.25) is 4.99 Å². The van der Waals surface area contributed by atoms with E-state index in [0.717, 1.165) is 61.4 Å².